The second kappa shape index (κ2) is 4.68. The lowest BCUT2D eigenvalue weighted by Gasteiger charge is -2.14. The summed E-state index contributed by atoms with van der Waals surface area (Å²) in [5.41, 5.74) is 1.93. The van der Waals surface area contributed by atoms with Gasteiger partial charge >= 0.3 is 0 Å². The summed E-state index contributed by atoms with van der Waals surface area (Å²) in [6.07, 6.45) is -0.601. The topological polar surface area (TPSA) is 29.5 Å². The maximum Gasteiger partial charge on any atom is 0.125 e. The van der Waals surface area contributed by atoms with E-state index in [1.54, 1.807) is 18.4 Å². The number of aryl methyl sites for hydroxylation is 1. The summed E-state index contributed by atoms with van der Waals surface area (Å²) in [5.74, 6) is 0.725. The molecule has 1 aromatic carbocycles. The number of methoxy groups -OCH3 is 1. The van der Waals surface area contributed by atoms with E-state index in [4.69, 9.17) is 4.74 Å². The molecule has 0 amide bonds. The average Bonchev–Trinajstić information content (AvgIpc) is 2.74. The number of hydrogen-bond acceptors (Lipinski definition) is 3. The van der Waals surface area contributed by atoms with E-state index >= 15 is 0 Å². The van der Waals surface area contributed by atoms with Crippen LogP contribution in [-0.2, 0) is 0 Å². The summed E-state index contributed by atoms with van der Waals surface area (Å²) in [6, 6.07) is 9.57. The summed E-state index contributed by atoms with van der Waals surface area (Å²) in [5, 5.41) is 12.3. The quantitative estimate of drug-likeness (QED) is 0.884. The van der Waals surface area contributed by atoms with Crippen molar-refractivity contribution in [1.82, 2.24) is 0 Å². The molecule has 84 valence electrons. The average molecular weight is 234 g/mol. The van der Waals surface area contributed by atoms with Crippen LogP contribution in [0.1, 0.15) is 22.1 Å². The molecule has 1 unspecified atom stereocenters. The molecule has 0 spiro atoms. The van der Waals surface area contributed by atoms with Gasteiger partial charge in [0.15, 0.2) is 0 Å². The fraction of sp³-hybridized carbons (Fsp3) is 0.231. The van der Waals surface area contributed by atoms with Crippen molar-refractivity contribution >= 4 is 11.3 Å². The number of aliphatic hydroxyl groups excluding tert-OH is 1. The molecule has 2 rings (SSSR count). The lowest BCUT2D eigenvalue weighted by Crippen LogP contribution is -2.01. The SMILES string of the molecule is COc1ccccc1C(O)c1sccc1C. The lowest BCUT2D eigenvalue weighted by molar-refractivity contribution is 0.218. The van der Waals surface area contributed by atoms with Crippen LogP contribution < -0.4 is 4.74 Å². The third-order valence-electron chi connectivity index (χ3n) is 2.58. The van der Waals surface area contributed by atoms with Crippen LogP contribution in [-0.4, -0.2) is 12.2 Å². The summed E-state index contributed by atoms with van der Waals surface area (Å²) in [6.45, 7) is 2.00. The van der Waals surface area contributed by atoms with Crippen molar-refractivity contribution in [1.29, 1.82) is 0 Å². The minimum absolute atomic E-state index is 0.601. The van der Waals surface area contributed by atoms with Crippen molar-refractivity contribution in [2.75, 3.05) is 7.11 Å². The van der Waals surface area contributed by atoms with E-state index in [0.29, 0.717) is 0 Å². The van der Waals surface area contributed by atoms with Gasteiger partial charge in [0.1, 0.15) is 11.9 Å². The molecule has 1 heterocycles. The van der Waals surface area contributed by atoms with Gasteiger partial charge in [0.25, 0.3) is 0 Å². The fourth-order valence-corrected chi connectivity index (χ4v) is 2.63. The highest BCUT2D eigenvalue weighted by atomic mass is 32.1. The molecule has 16 heavy (non-hydrogen) atoms. The number of thiophene rings is 1. The maximum absolute atomic E-state index is 10.3. The zero-order valence-corrected chi connectivity index (χ0v) is 10.1. The van der Waals surface area contributed by atoms with Gasteiger partial charge in [0, 0.05) is 10.4 Å². The zero-order valence-electron chi connectivity index (χ0n) is 9.31. The molecule has 0 saturated heterocycles. The van der Waals surface area contributed by atoms with E-state index in [1.165, 1.54) is 0 Å². The molecule has 0 aliphatic carbocycles. The molecule has 2 aromatic rings. The van der Waals surface area contributed by atoms with Crippen molar-refractivity contribution in [2.24, 2.45) is 0 Å². The molecule has 0 aliphatic rings. The van der Waals surface area contributed by atoms with Crippen LogP contribution in [0.4, 0.5) is 0 Å². The Hall–Kier alpha value is -1.32. The highest BCUT2D eigenvalue weighted by molar-refractivity contribution is 7.10. The fourth-order valence-electron chi connectivity index (χ4n) is 1.70. The summed E-state index contributed by atoms with van der Waals surface area (Å²) < 4.78 is 5.25. The molecule has 1 atom stereocenters. The van der Waals surface area contributed by atoms with Gasteiger partial charge in [0.2, 0.25) is 0 Å². The Kier molecular flexibility index (Phi) is 3.27. The van der Waals surface area contributed by atoms with Gasteiger partial charge in [0.05, 0.1) is 7.11 Å². The second-order valence-electron chi connectivity index (χ2n) is 3.61. The summed E-state index contributed by atoms with van der Waals surface area (Å²) in [4.78, 5) is 0.976. The summed E-state index contributed by atoms with van der Waals surface area (Å²) in [7, 11) is 1.62. The van der Waals surface area contributed by atoms with Crippen molar-refractivity contribution < 1.29 is 9.84 Å². The highest BCUT2D eigenvalue weighted by Crippen LogP contribution is 2.33. The van der Waals surface area contributed by atoms with Gasteiger partial charge in [-0.15, -0.1) is 11.3 Å². The van der Waals surface area contributed by atoms with E-state index in [0.717, 1.165) is 21.8 Å². The van der Waals surface area contributed by atoms with Crippen LogP contribution in [0.5, 0.6) is 5.75 Å². The zero-order chi connectivity index (χ0) is 11.5. The van der Waals surface area contributed by atoms with Gasteiger partial charge in [-0.25, -0.2) is 0 Å². The highest BCUT2D eigenvalue weighted by Gasteiger charge is 2.17. The minimum Gasteiger partial charge on any atom is -0.496 e. The number of benzene rings is 1. The van der Waals surface area contributed by atoms with Crippen LogP contribution in [0.2, 0.25) is 0 Å². The molecule has 0 radical (unpaired) electrons. The van der Waals surface area contributed by atoms with Crippen molar-refractivity contribution in [3.05, 3.63) is 51.7 Å². The monoisotopic (exact) mass is 234 g/mol. The van der Waals surface area contributed by atoms with Crippen LogP contribution in [0.25, 0.3) is 0 Å². The standard InChI is InChI=1S/C13H14O2S/c1-9-7-8-16-13(9)12(14)10-5-3-4-6-11(10)15-2/h3-8,12,14H,1-2H3. The summed E-state index contributed by atoms with van der Waals surface area (Å²) >= 11 is 1.57. The van der Waals surface area contributed by atoms with Crippen LogP contribution in [0.3, 0.4) is 0 Å². The molecular formula is C13H14O2S. The van der Waals surface area contributed by atoms with Crippen molar-refractivity contribution in [2.45, 2.75) is 13.0 Å². The Morgan fingerprint density at radius 3 is 2.62 bits per heavy atom. The number of hydrogen-bond donors (Lipinski definition) is 1. The van der Waals surface area contributed by atoms with E-state index in [-0.39, 0.29) is 0 Å². The lowest BCUT2D eigenvalue weighted by atomic mass is 10.0. The Bertz CT molecular complexity index is 476. The molecule has 2 nitrogen and oxygen atoms in total. The number of ether oxygens (including phenoxy) is 1. The Labute approximate surface area is 99.1 Å². The molecule has 1 aromatic heterocycles. The molecule has 0 aliphatic heterocycles. The van der Waals surface area contributed by atoms with Crippen molar-refractivity contribution in [3.8, 4) is 5.75 Å². The third-order valence-corrected chi connectivity index (χ3v) is 3.65. The van der Waals surface area contributed by atoms with E-state index in [1.807, 2.05) is 42.6 Å². The van der Waals surface area contributed by atoms with Gasteiger partial charge in [-0.2, -0.15) is 0 Å². The largest absolute Gasteiger partial charge is 0.496 e. The smallest absolute Gasteiger partial charge is 0.125 e. The first-order valence-corrected chi connectivity index (χ1v) is 5.97. The molecule has 3 heteroatoms. The number of aliphatic hydroxyl groups is 1. The number of rotatable bonds is 3. The minimum atomic E-state index is -0.601. The van der Waals surface area contributed by atoms with Crippen LogP contribution in [0.15, 0.2) is 35.7 Å². The Morgan fingerprint density at radius 1 is 1.25 bits per heavy atom. The predicted octanol–water partition coefficient (Wildman–Crippen LogP) is 3.15. The third kappa shape index (κ3) is 1.96. The first-order valence-electron chi connectivity index (χ1n) is 5.09. The predicted molar refractivity (Wildman–Crippen MR) is 66.1 cm³/mol. The van der Waals surface area contributed by atoms with Gasteiger partial charge < -0.3 is 9.84 Å². The molecular weight excluding hydrogens is 220 g/mol. The van der Waals surface area contributed by atoms with Crippen molar-refractivity contribution in [3.63, 3.8) is 0 Å². The normalized spacial score (nSPS) is 12.4. The van der Waals surface area contributed by atoms with Gasteiger partial charge in [-0.05, 0) is 30.0 Å². The first-order chi connectivity index (χ1) is 7.74. The second-order valence-corrected chi connectivity index (χ2v) is 4.56. The van der Waals surface area contributed by atoms with Gasteiger partial charge in [-0.1, -0.05) is 18.2 Å². The maximum atomic E-state index is 10.3. The molecule has 0 bridgehead atoms. The van der Waals surface area contributed by atoms with Crippen LogP contribution in [0, 0.1) is 6.92 Å². The van der Waals surface area contributed by atoms with Crippen LogP contribution >= 0.6 is 11.3 Å². The first kappa shape index (κ1) is 11.2. The molecule has 0 saturated carbocycles. The van der Waals surface area contributed by atoms with Gasteiger partial charge in [-0.3, -0.25) is 0 Å². The van der Waals surface area contributed by atoms with E-state index < -0.39 is 6.10 Å². The number of para-hydroxylation sites is 1. The molecule has 1 N–H and O–H groups in total. The Morgan fingerprint density at radius 2 is 2.00 bits per heavy atom. The van der Waals surface area contributed by atoms with E-state index in [2.05, 4.69) is 0 Å². The Balaban J connectivity index is 2.41. The van der Waals surface area contributed by atoms with E-state index in [9.17, 15) is 5.11 Å². The molecule has 0 fully saturated rings.